The molecule has 5 rings (SSSR count). The van der Waals surface area contributed by atoms with Gasteiger partial charge < -0.3 is 0 Å². The molecule has 0 saturated heterocycles. The van der Waals surface area contributed by atoms with E-state index in [2.05, 4.69) is 17.2 Å². The van der Waals surface area contributed by atoms with Crippen molar-refractivity contribution in [2.45, 2.75) is 0 Å². The Hall–Kier alpha value is -4.75. The molecule has 1 aliphatic rings. The van der Waals surface area contributed by atoms with E-state index in [1.807, 2.05) is 60.7 Å². The predicted octanol–water partition coefficient (Wildman–Crippen LogP) is 4.87. The van der Waals surface area contributed by atoms with Gasteiger partial charge in [0, 0.05) is 27.8 Å². The maximum atomic E-state index is 13.5. The second kappa shape index (κ2) is 8.41. The van der Waals surface area contributed by atoms with Crippen molar-refractivity contribution in [1.29, 1.82) is 0 Å². The maximum Gasteiger partial charge on any atom is 0.259 e. The third kappa shape index (κ3) is 3.84. The van der Waals surface area contributed by atoms with Crippen LogP contribution in [0.25, 0.3) is 11.1 Å². The van der Waals surface area contributed by atoms with E-state index < -0.39 is 11.8 Å². The lowest BCUT2D eigenvalue weighted by Gasteiger charge is -2.13. The van der Waals surface area contributed by atoms with Crippen LogP contribution in [0.2, 0.25) is 0 Å². The standard InChI is InChI=1S/C29H17NO3/c31-27(22-15-13-20(14-16-22)12-11-19-7-3-1-4-8-19)23-17-18-24-26(29(33)30-28(24)32)25(23)21-9-5-2-6-10-21/h1-10,13-18H,(H,30,32,33). The summed E-state index contributed by atoms with van der Waals surface area (Å²) >= 11 is 0. The number of ketones is 1. The number of fused-ring (bicyclic) bond motifs is 1. The lowest BCUT2D eigenvalue weighted by atomic mass is 9.88. The van der Waals surface area contributed by atoms with Crippen molar-refractivity contribution in [3.05, 3.63) is 130 Å². The molecule has 0 bridgehead atoms. The van der Waals surface area contributed by atoms with Crippen LogP contribution in [0.1, 0.15) is 47.8 Å². The highest BCUT2D eigenvalue weighted by atomic mass is 16.2. The van der Waals surface area contributed by atoms with Crippen LogP contribution in [0, 0.1) is 11.8 Å². The number of benzene rings is 4. The number of carbonyl (C=O) groups excluding carboxylic acids is 3. The first-order valence-corrected chi connectivity index (χ1v) is 10.4. The van der Waals surface area contributed by atoms with Gasteiger partial charge in [0.2, 0.25) is 0 Å². The molecular weight excluding hydrogens is 410 g/mol. The number of nitrogens with one attached hydrogen (secondary N) is 1. The van der Waals surface area contributed by atoms with E-state index in [0.29, 0.717) is 22.3 Å². The smallest absolute Gasteiger partial charge is 0.259 e. The van der Waals surface area contributed by atoms with Crippen LogP contribution in [0.15, 0.2) is 97.1 Å². The topological polar surface area (TPSA) is 63.2 Å². The molecule has 1 aliphatic heterocycles. The van der Waals surface area contributed by atoms with Crippen molar-refractivity contribution in [2.75, 3.05) is 0 Å². The van der Waals surface area contributed by atoms with Crippen LogP contribution in [0.4, 0.5) is 0 Å². The van der Waals surface area contributed by atoms with E-state index in [-0.39, 0.29) is 16.9 Å². The minimum Gasteiger partial charge on any atom is -0.289 e. The summed E-state index contributed by atoms with van der Waals surface area (Å²) in [7, 11) is 0. The van der Waals surface area contributed by atoms with Crippen LogP contribution in [0.5, 0.6) is 0 Å². The summed E-state index contributed by atoms with van der Waals surface area (Å²) in [4.78, 5) is 38.2. The van der Waals surface area contributed by atoms with Crippen LogP contribution >= 0.6 is 0 Å². The van der Waals surface area contributed by atoms with E-state index in [4.69, 9.17) is 0 Å². The fraction of sp³-hybridized carbons (Fsp3) is 0. The number of amides is 2. The van der Waals surface area contributed by atoms with Gasteiger partial charge in [-0.2, -0.15) is 0 Å². The van der Waals surface area contributed by atoms with Gasteiger partial charge in [-0.25, -0.2) is 0 Å². The summed E-state index contributed by atoms with van der Waals surface area (Å²) in [5.41, 5.74) is 4.23. The van der Waals surface area contributed by atoms with Crippen molar-refractivity contribution >= 4 is 17.6 Å². The summed E-state index contributed by atoms with van der Waals surface area (Å²) in [6.45, 7) is 0. The first-order valence-electron chi connectivity index (χ1n) is 10.4. The SMILES string of the molecule is O=C1NC(=O)c2c1ccc(C(=O)c1ccc(C#Cc3ccccc3)cc1)c2-c1ccccc1. The van der Waals surface area contributed by atoms with Crippen molar-refractivity contribution in [3.63, 3.8) is 0 Å². The summed E-state index contributed by atoms with van der Waals surface area (Å²) in [5.74, 6) is 5.02. The summed E-state index contributed by atoms with van der Waals surface area (Å²) in [5, 5.41) is 2.33. The minimum atomic E-state index is -0.491. The molecule has 4 aromatic rings. The van der Waals surface area contributed by atoms with E-state index in [0.717, 1.165) is 11.1 Å². The molecule has 0 spiro atoms. The Labute approximate surface area is 190 Å². The van der Waals surface area contributed by atoms with Gasteiger partial charge in [0.25, 0.3) is 11.8 Å². The van der Waals surface area contributed by atoms with Gasteiger partial charge in [-0.1, -0.05) is 60.4 Å². The lowest BCUT2D eigenvalue weighted by molar-refractivity contribution is 0.0879. The number of hydrogen-bond donors (Lipinski definition) is 1. The summed E-state index contributed by atoms with van der Waals surface area (Å²) in [6.07, 6.45) is 0. The summed E-state index contributed by atoms with van der Waals surface area (Å²) < 4.78 is 0. The molecule has 0 atom stereocenters. The molecule has 1 N–H and O–H groups in total. The average molecular weight is 427 g/mol. The molecule has 0 saturated carbocycles. The van der Waals surface area contributed by atoms with Crippen LogP contribution < -0.4 is 5.32 Å². The molecular formula is C29H17NO3. The quantitative estimate of drug-likeness (QED) is 0.288. The second-order valence-electron chi connectivity index (χ2n) is 7.58. The molecule has 0 aliphatic carbocycles. The van der Waals surface area contributed by atoms with Gasteiger partial charge in [-0.05, 0) is 54.1 Å². The first kappa shape index (κ1) is 20.2. The molecule has 0 fully saturated rings. The van der Waals surface area contributed by atoms with Crippen molar-refractivity contribution in [2.24, 2.45) is 0 Å². The molecule has 156 valence electrons. The monoisotopic (exact) mass is 427 g/mol. The average Bonchev–Trinajstić information content (AvgIpc) is 3.16. The van der Waals surface area contributed by atoms with Gasteiger partial charge in [0.05, 0.1) is 11.1 Å². The largest absolute Gasteiger partial charge is 0.289 e. The highest BCUT2D eigenvalue weighted by molar-refractivity contribution is 6.26. The fourth-order valence-electron chi connectivity index (χ4n) is 3.88. The number of rotatable bonds is 3. The van der Waals surface area contributed by atoms with Gasteiger partial charge >= 0.3 is 0 Å². The van der Waals surface area contributed by atoms with Gasteiger partial charge in [0.15, 0.2) is 5.78 Å². The Bertz CT molecular complexity index is 1460. The molecule has 4 nitrogen and oxygen atoms in total. The molecule has 0 radical (unpaired) electrons. The van der Waals surface area contributed by atoms with E-state index in [9.17, 15) is 14.4 Å². The van der Waals surface area contributed by atoms with E-state index in [1.165, 1.54) is 6.07 Å². The van der Waals surface area contributed by atoms with Crippen molar-refractivity contribution in [3.8, 4) is 23.0 Å². The van der Waals surface area contributed by atoms with Gasteiger partial charge in [-0.3, -0.25) is 19.7 Å². The van der Waals surface area contributed by atoms with Gasteiger partial charge in [-0.15, -0.1) is 0 Å². The van der Waals surface area contributed by atoms with Crippen molar-refractivity contribution in [1.82, 2.24) is 5.32 Å². The molecule has 2 amide bonds. The second-order valence-corrected chi connectivity index (χ2v) is 7.58. The summed E-state index contributed by atoms with van der Waals surface area (Å²) in [6, 6.07) is 29.0. The fourth-order valence-corrected chi connectivity index (χ4v) is 3.88. The number of hydrogen-bond acceptors (Lipinski definition) is 3. The van der Waals surface area contributed by atoms with Crippen LogP contribution in [-0.2, 0) is 0 Å². The molecule has 4 aromatic carbocycles. The third-order valence-corrected chi connectivity index (χ3v) is 5.48. The highest BCUT2D eigenvalue weighted by Gasteiger charge is 2.32. The number of imide groups is 1. The Kier molecular flexibility index (Phi) is 5.14. The molecule has 0 aromatic heterocycles. The third-order valence-electron chi connectivity index (χ3n) is 5.48. The molecule has 33 heavy (non-hydrogen) atoms. The Morgan fingerprint density at radius 2 is 1.21 bits per heavy atom. The zero-order chi connectivity index (χ0) is 22.8. The minimum absolute atomic E-state index is 0.230. The first-order chi connectivity index (χ1) is 16.1. The molecule has 1 heterocycles. The predicted molar refractivity (Wildman–Crippen MR) is 126 cm³/mol. The Balaban J connectivity index is 1.54. The van der Waals surface area contributed by atoms with Crippen LogP contribution in [0.3, 0.4) is 0 Å². The Morgan fingerprint density at radius 3 is 1.88 bits per heavy atom. The maximum absolute atomic E-state index is 13.5. The van der Waals surface area contributed by atoms with Crippen LogP contribution in [-0.4, -0.2) is 17.6 Å². The van der Waals surface area contributed by atoms with Gasteiger partial charge in [0.1, 0.15) is 0 Å². The number of carbonyl (C=O) groups is 3. The zero-order valence-electron chi connectivity index (χ0n) is 17.5. The Morgan fingerprint density at radius 1 is 0.606 bits per heavy atom. The van der Waals surface area contributed by atoms with E-state index in [1.54, 1.807) is 30.3 Å². The molecule has 4 heteroatoms. The van der Waals surface area contributed by atoms with Crippen molar-refractivity contribution < 1.29 is 14.4 Å². The highest BCUT2D eigenvalue weighted by Crippen LogP contribution is 2.34. The van der Waals surface area contributed by atoms with E-state index >= 15 is 0 Å². The zero-order valence-corrected chi connectivity index (χ0v) is 17.5. The lowest BCUT2D eigenvalue weighted by Crippen LogP contribution is -2.20. The normalized spacial score (nSPS) is 11.9. The molecule has 0 unspecified atom stereocenters.